The summed E-state index contributed by atoms with van der Waals surface area (Å²) in [5, 5.41) is 6.65. The first-order valence-corrected chi connectivity index (χ1v) is 9.33. The van der Waals surface area contributed by atoms with Gasteiger partial charge in [0.05, 0.1) is 5.69 Å². The highest BCUT2D eigenvalue weighted by atomic mass is 32.1. The Kier molecular flexibility index (Phi) is 4.19. The van der Waals surface area contributed by atoms with Gasteiger partial charge in [0.1, 0.15) is 5.82 Å². The third-order valence-electron chi connectivity index (χ3n) is 4.83. The zero-order valence-electron chi connectivity index (χ0n) is 13.6. The Morgan fingerprint density at radius 2 is 2.17 bits per heavy atom. The number of halogens is 1. The van der Waals surface area contributed by atoms with E-state index in [1.807, 2.05) is 24.6 Å². The van der Waals surface area contributed by atoms with Crippen LogP contribution in [0.4, 0.5) is 4.39 Å². The van der Waals surface area contributed by atoms with Gasteiger partial charge in [-0.15, -0.1) is 11.3 Å². The van der Waals surface area contributed by atoms with Crippen LogP contribution in [0.1, 0.15) is 19.8 Å². The molecule has 2 aromatic rings. The van der Waals surface area contributed by atoms with Crippen LogP contribution in [0.5, 0.6) is 0 Å². The molecule has 0 amide bonds. The van der Waals surface area contributed by atoms with Crippen molar-refractivity contribution in [3.63, 3.8) is 0 Å². The minimum atomic E-state index is -0.231. The van der Waals surface area contributed by atoms with Gasteiger partial charge in [0, 0.05) is 29.6 Å². The number of thiazole rings is 1. The molecule has 4 rings (SSSR count). The van der Waals surface area contributed by atoms with E-state index < -0.39 is 0 Å². The fourth-order valence-electron chi connectivity index (χ4n) is 3.66. The molecule has 0 N–H and O–H groups in total. The maximum Gasteiger partial charge on any atom is 0.206 e. The summed E-state index contributed by atoms with van der Waals surface area (Å²) in [6, 6.07) is 6.83. The first-order valence-electron chi connectivity index (χ1n) is 8.45. The van der Waals surface area contributed by atoms with Crippen LogP contribution < -0.4 is 4.80 Å². The van der Waals surface area contributed by atoms with Crippen LogP contribution in [0.2, 0.25) is 0 Å². The average Bonchev–Trinajstić information content (AvgIpc) is 3.29. The van der Waals surface area contributed by atoms with Gasteiger partial charge < -0.3 is 0 Å². The standard InChI is InChI=1S/C19H20FN3S/c1-2-21-19-23(22-11-15-10-13-7-8-14(15)9-13)18(12-24-19)16-5-3-4-6-17(16)20/h3-8,11-15H,2,9-10H2,1H3. The maximum atomic E-state index is 14.2. The molecule has 5 heteroatoms. The summed E-state index contributed by atoms with van der Waals surface area (Å²) < 4.78 is 16.0. The number of rotatable bonds is 4. The highest BCUT2D eigenvalue weighted by molar-refractivity contribution is 7.07. The van der Waals surface area contributed by atoms with Crippen molar-refractivity contribution in [2.24, 2.45) is 27.8 Å². The predicted molar refractivity (Wildman–Crippen MR) is 96.5 cm³/mol. The van der Waals surface area contributed by atoms with E-state index in [0.29, 0.717) is 29.9 Å². The van der Waals surface area contributed by atoms with Gasteiger partial charge >= 0.3 is 0 Å². The number of aromatic nitrogens is 1. The summed E-state index contributed by atoms with van der Waals surface area (Å²) in [5.41, 5.74) is 1.33. The first-order chi connectivity index (χ1) is 11.8. The molecule has 24 heavy (non-hydrogen) atoms. The Hall–Kier alpha value is -2.01. The Balaban J connectivity index is 1.73. The first kappa shape index (κ1) is 15.5. The number of fused-ring (bicyclic) bond motifs is 2. The Labute approximate surface area is 144 Å². The van der Waals surface area contributed by atoms with E-state index >= 15 is 0 Å². The number of allylic oxidation sites excluding steroid dienone is 2. The molecule has 1 aromatic carbocycles. The molecular formula is C19H20FN3S. The van der Waals surface area contributed by atoms with Crippen molar-refractivity contribution in [1.82, 2.24) is 4.68 Å². The van der Waals surface area contributed by atoms with Crippen LogP contribution in [-0.4, -0.2) is 17.4 Å². The molecule has 3 atom stereocenters. The van der Waals surface area contributed by atoms with E-state index in [9.17, 15) is 4.39 Å². The lowest BCUT2D eigenvalue weighted by molar-refractivity contribution is 0.589. The highest BCUT2D eigenvalue weighted by Crippen LogP contribution is 2.42. The fraction of sp³-hybridized carbons (Fsp3) is 0.368. The van der Waals surface area contributed by atoms with E-state index in [1.165, 1.54) is 30.2 Å². The SMILES string of the molecule is CCN=c1scc(-c2ccccc2F)n1N=CC1CC2C=CC1C2. The lowest BCUT2D eigenvalue weighted by Gasteiger charge is -2.12. The molecule has 3 unspecified atom stereocenters. The number of hydrogen-bond acceptors (Lipinski definition) is 3. The van der Waals surface area contributed by atoms with Gasteiger partial charge in [-0.05, 0) is 43.7 Å². The Bertz CT molecular complexity index is 861. The van der Waals surface area contributed by atoms with Gasteiger partial charge in [0.15, 0.2) is 0 Å². The molecule has 2 bridgehead atoms. The molecule has 2 aliphatic carbocycles. The third-order valence-corrected chi connectivity index (χ3v) is 5.69. The molecule has 1 aromatic heterocycles. The van der Waals surface area contributed by atoms with Gasteiger partial charge in [-0.25, -0.2) is 9.07 Å². The Morgan fingerprint density at radius 3 is 2.88 bits per heavy atom. The number of nitrogens with zero attached hydrogens (tertiary/aromatic N) is 3. The van der Waals surface area contributed by atoms with Gasteiger partial charge in [-0.1, -0.05) is 24.3 Å². The van der Waals surface area contributed by atoms with E-state index in [4.69, 9.17) is 5.10 Å². The van der Waals surface area contributed by atoms with Crippen LogP contribution >= 0.6 is 11.3 Å². The lowest BCUT2D eigenvalue weighted by atomic mass is 9.95. The molecule has 3 nitrogen and oxygen atoms in total. The van der Waals surface area contributed by atoms with Crippen molar-refractivity contribution in [2.75, 3.05) is 6.54 Å². The van der Waals surface area contributed by atoms with Crippen molar-refractivity contribution in [3.05, 3.63) is 52.4 Å². The summed E-state index contributed by atoms with van der Waals surface area (Å²) in [4.78, 5) is 5.32. The zero-order valence-corrected chi connectivity index (χ0v) is 14.4. The minimum absolute atomic E-state index is 0.231. The smallest absolute Gasteiger partial charge is 0.206 e. The molecule has 0 aliphatic heterocycles. The molecule has 1 fully saturated rings. The van der Waals surface area contributed by atoms with Crippen molar-refractivity contribution >= 4 is 17.6 Å². The van der Waals surface area contributed by atoms with E-state index in [1.54, 1.807) is 16.8 Å². The lowest BCUT2D eigenvalue weighted by Crippen LogP contribution is -2.15. The zero-order chi connectivity index (χ0) is 16.5. The van der Waals surface area contributed by atoms with Crippen LogP contribution in [0.25, 0.3) is 11.3 Å². The van der Waals surface area contributed by atoms with Gasteiger partial charge in [0.2, 0.25) is 4.80 Å². The average molecular weight is 341 g/mol. The number of hydrogen-bond donors (Lipinski definition) is 0. The van der Waals surface area contributed by atoms with Crippen molar-refractivity contribution in [3.8, 4) is 11.3 Å². The second-order valence-electron chi connectivity index (χ2n) is 6.38. The monoisotopic (exact) mass is 341 g/mol. The normalized spacial score (nSPS) is 26.1. The fourth-order valence-corrected chi connectivity index (χ4v) is 4.55. The molecule has 1 saturated carbocycles. The predicted octanol–water partition coefficient (Wildman–Crippen LogP) is 4.32. The van der Waals surface area contributed by atoms with Gasteiger partial charge in [-0.3, -0.25) is 4.99 Å². The Morgan fingerprint density at radius 1 is 1.29 bits per heavy atom. The van der Waals surface area contributed by atoms with Crippen LogP contribution in [0.15, 0.2) is 51.9 Å². The van der Waals surface area contributed by atoms with Crippen LogP contribution in [0, 0.1) is 23.6 Å². The topological polar surface area (TPSA) is 29.6 Å². The molecule has 0 spiro atoms. The highest BCUT2D eigenvalue weighted by Gasteiger charge is 2.34. The van der Waals surface area contributed by atoms with Crippen molar-refractivity contribution in [1.29, 1.82) is 0 Å². The van der Waals surface area contributed by atoms with E-state index in [2.05, 4.69) is 17.1 Å². The second kappa shape index (κ2) is 6.48. The minimum Gasteiger partial charge on any atom is -0.258 e. The molecule has 0 saturated heterocycles. The quantitative estimate of drug-likeness (QED) is 0.585. The van der Waals surface area contributed by atoms with Crippen LogP contribution in [0.3, 0.4) is 0 Å². The molecular weight excluding hydrogens is 321 g/mol. The van der Waals surface area contributed by atoms with Crippen molar-refractivity contribution < 1.29 is 4.39 Å². The summed E-state index contributed by atoms with van der Waals surface area (Å²) in [6.07, 6.45) is 9.11. The van der Waals surface area contributed by atoms with Gasteiger partial charge in [-0.2, -0.15) is 5.10 Å². The van der Waals surface area contributed by atoms with E-state index in [-0.39, 0.29) is 5.82 Å². The van der Waals surface area contributed by atoms with Gasteiger partial charge in [0.25, 0.3) is 0 Å². The molecule has 0 radical (unpaired) electrons. The summed E-state index contributed by atoms with van der Waals surface area (Å²) in [5.74, 6) is 1.58. The summed E-state index contributed by atoms with van der Waals surface area (Å²) in [7, 11) is 0. The molecule has 2 aliphatic rings. The molecule has 1 heterocycles. The summed E-state index contributed by atoms with van der Waals surface area (Å²) in [6.45, 7) is 2.68. The van der Waals surface area contributed by atoms with Crippen LogP contribution in [-0.2, 0) is 0 Å². The number of benzene rings is 1. The summed E-state index contributed by atoms with van der Waals surface area (Å²) >= 11 is 1.50. The maximum absolute atomic E-state index is 14.2. The molecule has 124 valence electrons. The second-order valence-corrected chi connectivity index (χ2v) is 7.21. The largest absolute Gasteiger partial charge is 0.258 e. The third kappa shape index (κ3) is 2.77. The van der Waals surface area contributed by atoms with E-state index in [0.717, 1.165) is 10.5 Å². The van der Waals surface area contributed by atoms with Crippen molar-refractivity contribution in [2.45, 2.75) is 19.8 Å².